The summed E-state index contributed by atoms with van der Waals surface area (Å²) in [7, 11) is -0.231. The largest absolute Gasteiger partial charge is 0.470 e. The molecule has 118 valence electrons. The zero-order valence-electron chi connectivity index (χ0n) is 13.7. The Kier molecular flexibility index (Phi) is 5.73. The minimum atomic E-state index is -0.277. The first kappa shape index (κ1) is 16.8. The molecule has 0 N–H and O–H groups in total. The lowest BCUT2D eigenvalue weighted by Gasteiger charge is -2.32. The van der Waals surface area contributed by atoms with E-state index in [4.69, 9.17) is 18.8 Å². The highest BCUT2D eigenvalue weighted by atomic mass is 16.7. The first-order chi connectivity index (χ1) is 9.91. The smallest absolute Gasteiger partial charge is 0.403 e. The Bertz CT molecular complexity index is 375. The number of ether oxygens (including phenoxy) is 2. The Labute approximate surface area is 129 Å². The van der Waals surface area contributed by atoms with E-state index in [0.717, 1.165) is 25.9 Å². The van der Waals surface area contributed by atoms with Crippen LogP contribution in [0.4, 0.5) is 0 Å². The first-order valence-electron chi connectivity index (χ1n) is 7.95. The quantitative estimate of drug-likeness (QED) is 0.454. The fourth-order valence-corrected chi connectivity index (χ4v) is 2.38. The van der Waals surface area contributed by atoms with Crippen LogP contribution in [-0.2, 0) is 18.8 Å². The zero-order chi connectivity index (χ0) is 15.3. The molecule has 0 aromatic rings. The van der Waals surface area contributed by atoms with E-state index in [1.165, 1.54) is 6.42 Å². The summed E-state index contributed by atoms with van der Waals surface area (Å²) in [6, 6.07) is 0. The van der Waals surface area contributed by atoms with Gasteiger partial charge in [0.05, 0.1) is 17.8 Å². The normalized spacial score (nSPS) is 27.2. The van der Waals surface area contributed by atoms with Crippen molar-refractivity contribution in [2.24, 2.45) is 0 Å². The van der Waals surface area contributed by atoms with Gasteiger partial charge in [0, 0.05) is 19.3 Å². The summed E-state index contributed by atoms with van der Waals surface area (Å²) in [6.07, 6.45) is 4.64. The van der Waals surface area contributed by atoms with Gasteiger partial charge < -0.3 is 18.8 Å². The van der Waals surface area contributed by atoms with E-state index in [1.807, 2.05) is 0 Å². The van der Waals surface area contributed by atoms with Crippen molar-refractivity contribution in [3.8, 4) is 11.8 Å². The van der Waals surface area contributed by atoms with E-state index in [-0.39, 0.29) is 24.6 Å². The van der Waals surface area contributed by atoms with Crippen LogP contribution in [0.2, 0.25) is 6.32 Å². The van der Waals surface area contributed by atoms with Gasteiger partial charge in [-0.15, -0.1) is 11.8 Å². The SMILES string of the molecule is CC1(C)OB(CC#CCCOC2CCCCO2)OC1(C)C. The topological polar surface area (TPSA) is 36.9 Å². The van der Waals surface area contributed by atoms with E-state index < -0.39 is 0 Å². The monoisotopic (exact) mass is 294 g/mol. The summed E-state index contributed by atoms with van der Waals surface area (Å²) in [6.45, 7) is 9.66. The third-order valence-electron chi connectivity index (χ3n) is 4.36. The maximum Gasteiger partial charge on any atom is 0.470 e. The summed E-state index contributed by atoms with van der Waals surface area (Å²) in [5, 5.41) is 0. The fourth-order valence-electron chi connectivity index (χ4n) is 2.38. The summed E-state index contributed by atoms with van der Waals surface area (Å²) in [4.78, 5) is 0. The van der Waals surface area contributed by atoms with Crippen LogP contribution in [0.5, 0.6) is 0 Å². The van der Waals surface area contributed by atoms with Crippen LogP contribution in [0.15, 0.2) is 0 Å². The molecule has 0 amide bonds. The molecule has 1 unspecified atom stereocenters. The Morgan fingerprint density at radius 3 is 2.43 bits per heavy atom. The molecule has 0 bridgehead atoms. The molecule has 21 heavy (non-hydrogen) atoms. The maximum absolute atomic E-state index is 5.89. The average molecular weight is 294 g/mol. The van der Waals surface area contributed by atoms with Crippen molar-refractivity contribution in [3.63, 3.8) is 0 Å². The van der Waals surface area contributed by atoms with E-state index >= 15 is 0 Å². The molecular weight excluding hydrogens is 267 g/mol. The van der Waals surface area contributed by atoms with Gasteiger partial charge in [-0.25, -0.2) is 0 Å². The highest BCUT2D eigenvalue weighted by molar-refractivity contribution is 6.46. The second-order valence-electron chi connectivity index (χ2n) is 6.66. The molecule has 0 aromatic heterocycles. The van der Waals surface area contributed by atoms with Crippen molar-refractivity contribution in [3.05, 3.63) is 0 Å². The summed E-state index contributed by atoms with van der Waals surface area (Å²) in [5.74, 6) is 6.24. The Morgan fingerprint density at radius 2 is 1.81 bits per heavy atom. The van der Waals surface area contributed by atoms with Gasteiger partial charge in [-0.2, -0.15) is 0 Å². The molecule has 1 atom stereocenters. The lowest BCUT2D eigenvalue weighted by Crippen LogP contribution is -2.41. The van der Waals surface area contributed by atoms with Crippen molar-refractivity contribution in [2.45, 2.75) is 77.2 Å². The number of hydrogen-bond donors (Lipinski definition) is 0. The number of rotatable bonds is 4. The van der Waals surface area contributed by atoms with Gasteiger partial charge in [-0.1, -0.05) is 0 Å². The maximum atomic E-state index is 5.89. The minimum Gasteiger partial charge on any atom is -0.403 e. The summed E-state index contributed by atoms with van der Waals surface area (Å²) in [5.41, 5.74) is -0.554. The van der Waals surface area contributed by atoms with Crippen LogP contribution < -0.4 is 0 Å². The van der Waals surface area contributed by atoms with Gasteiger partial charge in [0.15, 0.2) is 6.29 Å². The Morgan fingerprint density at radius 1 is 1.10 bits per heavy atom. The van der Waals surface area contributed by atoms with Gasteiger partial charge in [0.25, 0.3) is 0 Å². The van der Waals surface area contributed by atoms with Crippen molar-refractivity contribution in [2.75, 3.05) is 13.2 Å². The zero-order valence-corrected chi connectivity index (χ0v) is 13.7. The van der Waals surface area contributed by atoms with E-state index in [1.54, 1.807) is 0 Å². The van der Waals surface area contributed by atoms with Crippen molar-refractivity contribution in [1.82, 2.24) is 0 Å². The van der Waals surface area contributed by atoms with Crippen LogP contribution >= 0.6 is 0 Å². The van der Waals surface area contributed by atoms with E-state index in [2.05, 4.69) is 39.5 Å². The van der Waals surface area contributed by atoms with Crippen molar-refractivity contribution < 1.29 is 18.8 Å². The molecular formula is C16H27BO4. The van der Waals surface area contributed by atoms with Crippen LogP contribution in [0, 0.1) is 11.8 Å². The third-order valence-corrected chi connectivity index (χ3v) is 4.36. The first-order valence-corrected chi connectivity index (χ1v) is 7.95. The highest BCUT2D eigenvalue weighted by Crippen LogP contribution is 2.37. The van der Waals surface area contributed by atoms with Crippen LogP contribution in [0.1, 0.15) is 53.4 Å². The van der Waals surface area contributed by atoms with E-state index in [0.29, 0.717) is 12.9 Å². The molecule has 4 nitrogen and oxygen atoms in total. The minimum absolute atomic E-state index is 0.0244. The Hall–Kier alpha value is -0.535. The molecule has 2 heterocycles. The van der Waals surface area contributed by atoms with Crippen LogP contribution in [0.25, 0.3) is 0 Å². The lowest BCUT2D eigenvalue weighted by atomic mass is 9.85. The van der Waals surface area contributed by atoms with Gasteiger partial charge in [-0.05, 0) is 47.0 Å². The van der Waals surface area contributed by atoms with E-state index in [9.17, 15) is 0 Å². The highest BCUT2D eigenvalue weighted by Gasteiger charge is 2.50. The van der Waals surface area contributed by atoms with Gasteiger partial charge in [0.2, 0.25) is 0 Å². The van der Waals surface area contributed by atoms with Gasteiger partial charge >= 0.3 is 7.12 Å². The summed E-state index contributed by atoms with van der Waals surface area (Å²) < 4.78 is 22.9. The molecule has 0 aliphatic carbocycles. The average Bonchev–Trinajstić information content (AvgIpc) is 2.63. The van der Waals surface area contributed by atoms with Crippen LogP contribution in [-0.4, -0.2) is 37.8 Å². The third kappa shape index (κ3) is 4.72. The molecule has 2 aliphatic rings. The molecule has 0 spiro atoms. The standard InChI is InChI=1S/C16H27BO4/c1-15(2)16(3,4)21-17(20-15)11-7-5-8-12-18-14-10-6-9-13-19-14/h14H,6,8-13H2,1-4H3. The van der Waals surface area contributed by atoms with Gasteiger partial charge in [0.1, 0.15) is 0 Å². The predicted molar refractivity (Wildman–Crippen MR) is 82.8 cm³/mol. The second-order valence-corrected chi connectivity index (χ2v) is 6.66. The molecule has 0 aromatic carbocycles. The summed E-state index contributed by atoms with van der Waals surface area (Å²) >= 11 is 0. The Balaban J connectivity index is 1.61. The molecule has 2 saturated heterocycles. The predicted octanol–water partition coefficient (Wildman–Crippen LogP) is 3.02. The molecule has 2 rings (SSSR count). The van der Waals surface area contributed by atoms with Gasteiger partial charge in [-0.3, -0.25) is 0 Å². The number of hydrogen-bond acceptors (Lipinski definition) is 4. The van der Waals surface area contributed by atoms with Crippen molar-refractivity contribution >= 4 is 7.12 Å². The molecule has 5 heteroatoms. The van der Waals surface area contributed by atoms with Crippen molar-refractivity contribution in [1.29, 1.82) is 0 Å². The lowest BCUT2D eigenvalue weighted by molar-refractivity contribution is -0.161. The molecule has 0 radical (unpaired) electrons. The van der Waals surface area contributed by atoms with Crippen LogP contribution in [0.3, 0.4) is 0 Å². The second kappa shape index (κ2) is 7.15. The molecule has 0 saturated carbocycles. The molecule has 2 fully saturated rings. The molecule has 2 aliphatic heterocycles. The fraction of sp³-hybridized carbons (Fsp3) is 0.875.